The van der Waals surface area contributed by atoms with Crippen LogP contribution in [-0.4, -0.2) is 122 Å². The van der Waals surface area contributed by atoms with Crippen LogP contribution in [0.15, 0.2) is 97.4 Å². The maximum absolute atomic E-state index is 10.8. The van der Waals surface area contributed by atoms with Crippen molar-refractivity contribution in [1.82, 2.24) is 0 Å². The van der Waals surface area contributed by atoms with E-state index < -0.39 is 67.5 Å². The average Bonchev–Trinajstić information content (AvgIpc) is 3.04. The molecule has 0 radical (unpaired) electrons. The van der Waals surface area contributed by atoms with Gasteiger partial charge in [-0.15, -0.1) is 0 Å². The van der Waals surface area contributed by atoms with Gasteiger partial charge >= 0.3 is 0 Å². The van der Waals surface area contributed by atoms with Gasteiger partial charge in [0.05, 0.1) is 18.3 Å². The number of rotatable bonds is 18. The van der Waals surface area contributed by atoms with Gasteiger partial charge in [-0.05, 0) is 25.8 Å². The van der Waals surface area contributed by atoms with Gasteiger partial charge in [0, 0.05) is 13.2 Å². The molecule has 0 amide bonds. The molecule has 2 heterocycles. The Morgan fingerprint density at radius 1 is 0.565 bits per heavy atom. The lowest BCUT2D eigenvalue weighted by molar-refractivity contribution is -0.471. The van der Waals surface area contributed by atoms with E-state index in [0.717, 1.165) is 6.26 Å². The van der Waals surface area contributed by atoms with Crippen molar-refractivity contribution in [3.8, 4) is 0 Å². The van der Waals surface area contributed by atoms with E-state index in [1.807, 2.05) is 48.6 Å². The quantitative estimate of drug-likeness (QED) is 0.0440. The highest BCUT2D eigenvalue weighted by Crippen LogP contribution is 2.30. The third-order valence-electron chi connectivity index (χ3n) is 6.72. The van der Waals surface area contributed by atoms with E-state index in [-0.39, 0.29) is 26.1 Å². The van der Waals surface area contributed by atoms with E-state index in [1.165, 1.54) is 6.08 Å². The molecule has 2 rings (SSSR count). The van der Waals surface area contributed by atoms with E-state index in [0.29, 0.717) is 0 Å². The third kappa shape index (κ3) is 13.5. The van der Waals surface area contributed by atoms with Crippen LogP contribution in [0.3, 0.4) is 0 Å². The van der Waals surface area contributed by atoms with Crippen LogP contribution in [0.1, 0.15) is 19.8 Å². The SMILES string of the molecule is CC(C=CC=CC=CC=CC=CC=CC=CC=COO)OC1OC(CCO)[C@@H](O)C(O)[C@H]1OOC1OC(CCO)[C@@H](O)C(O)[C@H]1O. The van der Waals surface area contributed by atoms with Crippen molar-refractivity contribution >= 4 is 0 Å². The van der Waals surface area contributed by atoms with Crippen molar-refractivity contribution in [2.75, 3.05) is 13.2 Å². The maximum Gasteiger partial charge on any atom is 0.220 e. The molecule has 0 aromatic rings. The van der Waals surface area contributed by atoms with Gasteiger partial charge in [-0.1, -0.05) is 85.1 Å². The molecule has 14 nitrogen and oxygen atoms in total. The zero-order valence-corrected chi connectivity index (χ0v) is 25.4. The van der Waals surface area contributed by atoms with Gasteiger partial charge < -0.3 is 54.8 Å². The number of hydrogen-bond donors (Lipinski definition) is 8. The fourth-order valence-corrected chi connectivity index (χ4v) is 4.29. The average molecular weight is 655 g/mol. The molecule has 2 fully saturated rings. The Morgan fingerprint density at radius 2 is 1.02 bits per heavy atom. The number of ether oxygens (including phenoxy) is 3. The van der Waals surface area contributed by atoms with Crippen LogP contribution in [0.4, 0.5) is 0 Å². The van der Waals surface area contributed by atoms with Crippen molar-refractivity contribution < 1.29 is 69.9 Å². The topological polar surface area (TPSA) is 217 Å². The summed E-state index contributed by atoms with van der Waals surface area (Å²) in [6.45, 7) is 1.01. The van der Waals surface area contributed by atoms with E-state index in [1.54, 1.807) is 43.4 Å². The third-order valence-corrected chi connectivity index (χ3v) is 6.72. The standard InChI is InChI=1S/C32H46O14/c1-22(16-14-12-10-8-6-4-2-3-5-7-9-11-13-15-21-41-40)42-32-30(28(38)26(36)24(44-32)18-20-34)45-46-31-29(39)27(37)25(35)23(43-31)17-19-33/h2-16,21-40H,17-20H2,1H3/t22?,23?,24?,25-,26-,27?,28?,29-,30-,31?,32?/m1/s1. The summed E-state index contributed by atoms with van der Waals surface area (Å²) in [6.07, 6.45) is 12.8. The van der Waals surface area contributed by atoms with Crippen LogP contribution in [-0.2, 0) is 28.9 Å². The van der Waals surface area contributed by atoms with Crippen molar-refractivity contribution in [3.05, 3.63) is 97.4 Å². The Hall–Kier alpha value is -2.80. The summed E-state index contributed by atoms with van der Waals surface area (Å²) in [5.74, 6) is 0. The summed E-state index contributed by atoms with van der Waals surface area (Å²) < 4.78 is 17.1. The first kappa shape index (κ1) is 39.4. The zero-order chi connectivity index (χ0) is 33.7. The van der Waals surface area contributed by atoms with Gasteiger partial charge in [-0.2, -0.15) is 0 Å². The van der Waals surface area contributed by atoms with E-state index in [4.69, 9.17) is 29.2 Å². The monoisotopic (exact) mass is 654 g/mol. The second kappa shape index (κ2) is 22.7. The predicted molar refractivity (Wildman–Crippen MR) is 164 cm³/mol. The van der Waals surface area contributed by atoms with Gasteiger partial charge in [0.15, 0.2) is 12.4 Å². The fourth-order valence-electron chi connectivity index (χ4n) is 4.29. The fraction of sp³-hybridized carbons (Fsp3) is 0.500. The lowest BCUT2D eigenvalue weighted by atomic mass is 9.97. The molecule has 2 aliphatic heterocycles. The molecule has 0 aromatic heterocycles. The highest BCUT2D eigenvalue weighted by atomic mass is 17.2. The molecule has 0 spiro atoms. The molecule has 46 heavy (non-hydrogen) atoms. The van der Waals surface area contributed by atoms with Gasteiger partial charge in [0.1, 0.15) is 36.8 Å². The largest absolute Gasteiger partial charge is 0.396 e. The summed E-state index contributed by atoms with van der Waals surface area (Å²) in [4.78, 5) is 14.3. The number of allylic oxidation sites excluding steroid dienone is 14. The molecule has 8 N–H and O–H groups in total. The van der Waals surface area contributed by atoms with Crippen LogP contribution >= 0.6 is 0 Å². The molecule has 0 bridgehead atoms. The molecular formula is C32H46O14. The Balaban J connectivity index is 1.93. The first-order valence-corrected chi connectivity index (χ1v) is 14.8. The van der Waals surface area contributed by atoms with Gasteiger partial charge in [-0.25, -0.2) is 15.0 Å². The molecule has 0 aromatic carbocycles. The number of hydrogen-bond acceptors (Lipinski definition) is 14. The first-order chi connectivity index (χ1) is 22.2. The number of aliphatic hydroxyl groups excluding tert-OH is 7. The minimum atomic E-state index is -1.74. The zero-order valence-electron chi connectivity index (χ0n) is 25.4. The van der Waals surface area contributed by atoms with Crippen LogP contribution in [0.2, 0.25) is 0 Å². The maximum atomic E-state index is 10.8. The van der Waals surface area contributed by atoms with Crippen LogP contribution in [0.25, 0.3) is 0 Å². The summed E-state index contributed by atoms with van der Waals surface area (Å²) >= 11 is 0. The number of aliphatic hydroxyl groups is 7. The van der Waals surface area contributed by atoms with Gasteiger partial charge in [0.2, 0.25) is 6.29 Å². The van der Waals surface area contributed by atoms with E-state index in [2.05, 4.69) is 4.89 Å². The molecule has 258 valence electrons. The van der Waals surface area contributed by atoms with Crippen LogP contribution in [0.5, 0.6) is 0 Å². The van der Waals surface area contributed by atoms with Crippen LogP contribution < -0.4 is 0 Å². The molecule has 2 saturated heterocycles. The lowest BCUT2D eigenvalue weighted by Crippen LogP contribution is -2.61. The molecule has 11 atom stereocenters. The normalized spacial score (nSPS) is 33.8. The molecule has 14 heteroatoms. The van der Waals surface area contributed by atoms with Crippen LogP contribution in [0, 0.1) is 0 Å². The minimum Gasteiger partial charge on any atom is -0.396 e. The predicted octanol–water partition coefficient (Wildman–Crippen LogP) is 0.624. The highest BCUT2D eigenvalue weighted by Gasteiger charge is 2.49. The van der Waals surface area contributed by atoms with E-state index in [9.17, 15) is 35.7 Å². The lowest BCUT2D eigenvalue weighted by Gasteiger charge is -2.43. The highest BCUT2D eigenvalue weighted by molar-refractivity contribution is 5.21. The Morgan fingerprint density at radius 3 is 1.52 bits per heavy atom. The van der Waals surface area contributed by atoms with Crippen molar-refractivity contribution in [1.29, 1.82) is 0 Å². The summed E-state index contributed by atoms with van der Waals surface area (Å²) in [7, 11) is 0. The molecule has 0 aliphatic carbocycles. The Labute approximate surface area is 267 Å². The first-order valence-electron chi connectivity index (χ1n) is 14.8. The summed E-state index contributed by atoms with van der Waals surface area (Å²) in [6, 6.07) is 0. The Kier molecular flexibility index (Phi) is 19.4. The van der Waals surface area contributed by atoms with Crippen molar-refractivity contribution in [2.45, 2.75) is 87.3 Å². The molecular weight excluding hydrogens is 608 g/mol. The minimum absolute atomic E-state index is 0.000733. The molecule has 2 aliphatic rings. The van der Waals surface area contributed by atoms with Gasteiger partial charge in [-0.3, -0.25) is 0 Å². The van der Waals surface area contributed by atoms with Crippen molar-refractivity contribution in [3.63, 3.8) is 0 Å². The van der Waals surface area contributed by atoms with Crippen molar-refractivity contribution in [2.24, 2.45) is 0 Å². The summed E-state index contributed by atoms with van der Waals surface area (Å²) in [5.41, 5.74) is 0. The second-order valence-electron chi connectivity index (χ2n) is 10.2. The second-order valence-corrected chi connectivity index (χ2v) is 10.2. The van der Waals surface area contributed by atoms with Gasteiger partial charge in [0.25, 0.3) is 0 Å². The molecule has 7 unspecified atom stereocenters. The van der Waals surface area contributed by atoms with E-state index >= 15 is 0 Å². The summed E-state index contributed by atoms with van der Waals surface area (Å²) in [5, 5.41) is 78.5. The smallest absolute Gasteiger partial charge is 0.220 e. The Bertz CT molecular complexity index is 1070. The molecule has 0 saturated carbocycles.